The summed E-state index contributed by atoms with van der Waals surface area (Å²) in [6.45, 7) is 6.96. The Labute approximate surface area is 169 Å². The normalized spacial score (nSPS) is 11.3. The van der Waals surface area contributed by atoms with Crippen molar-refractivity contribution in [3.8, 4) is 11.4 Å². The minimum Gasteiger partial charge on any atom is -0.336 e. The molecule has 8 heteroatoms. The molecule has 152 valence electrons. The number of amides is 2. The Morgan fingerprint density at radius 1 is 1.14 bits per heavy atom. The molecule has 0 atom stereocenters. The molecule has 3 rings (SSSR count). The zero-order valence-corrected chi connectivity index (χ0v) is 17.1. The molecule has 0 saturated heterocycles. The Bertz CT molecular complexity index is 1030. The van der Waals surface area contributed by atoms with Crippen molar-refractivity contribution in [3.63, 3.8) is 0 Å². The lowest BCUT2D eigenvalue weighted by Crippen LogP contribution is -2.34. The molecule has 2 heterocycles. The third-order valence-electron chi connectivity index (χ3n) is 4.58. The van der Waals surface area contributed by atoms with Crippen molar-refractivity contribution in [2.75, 3.05) is 11.9 Å². The van der Waals surface area contributed by atoms with Crippen molar-refractivity contribution < 1.29 is 4.79 Å². The molecule has 0 aliphatic rings. The SMILES string of the molecule is Cn1c(-c2cccnc2)nn(CCNC(=O)Nc2ccc(C(C)(C)C)cc2)c1=O. The van der Waals surface area contributed by atoms with E-state index in [1.807, 2.05) is 30.3 Å². The zero-order valence-electron chi connectivity index (χ0n) is 17.1. The monoisotopic (exact) mass is 394 g/mol. The fourth-order valence-electron chi connectivity index (χ4n) is 2.88. The summed E-state index contributed by atoms with van der Waals surface area (Å²) in [5.41, 5.74) is 2.48. The van der Waals surface area contributed by atoms with Crippen molar-refractivity contribution in [2.24, 2.45) is 7.05 Å². The van der Waals surface area contributed by atoms with E-state index in [1.165, 1.54) is 14.8 Å². The molecule has 0 aliphatic carbocycles. The van der Waals surface area contributed by atoms with Crippen molar-refractivity contribution in [1.82, 2.24) is 24.6 Å². The molecule has 0 spiro atoms. The van der Waals surface area contributed by atoms with Crippen LogP contribution >= 0.6 is 0 Å². The van der Waals surface area contributed by atoms with Crippen LogP contribution in [0.15, 0.2) is 53.6 Å². The van der Waals surface area contributed by atoms with Gasteiger partial charge in [-0.3, -0.25) is 9.55 Å². The van der Waals surface area contributed by atoms with Gasteiger partial charge in [0.25, 0.3) is 0 Å². The van der Waals surface area contributed by atoms with Crippen LogP contribution in [0.5, 0.6) is 0 Å². The van der Waals surface area contributed by atoms with Gasteiger partial charge in [-0.15, -0.1) is 5.10 Å². The summed E-state index contributed by atoms with van der Waals surface area (Å²) in [6, 6.07) is 11.1. The number of rotatable bonds is 5. The van der Waals surface area contributed by atoms with Gasteiger partial charge >= 0.3 is 11.7 Å². The number of benzene rings is 1. The second kappa shape index (κ2) is 8.30. The van der Waals surface area contributed by atoms with Crippen molar-refractivity contribution in [3.05, 3.63) is 64.8 Å². The fourth-order valence-corrected chi connectivity index (χ4v) is 2.88. The molecule has 0 fully saturated rings. The van der Waals surface area contributed by atoms with Crippen LogP contribution in [0.2, 0.25) is 0 Å². The fraction of sp³-hybridized carbons (Fsp3) is 0.333. The summed E-state index contributed by atoms with van der Waals surface area (Å²) in [6.07, 6.45) is 3.32. The highest BCUT2D eigenvalue weighted by atomic mass is 16.2. The smallest absolute Gasteiger partial charge is 0.336 e. The molecule has 0 unspecified atom stereocenters. The Kier molecular flexibility index (Phi) is 5.81. The number of nitrogens with one attached hydrogen (secondary N) is 2. The largest absolute Gasteiger partial charge is 0.345 e. The highest BCUT2D eigenvalue weighted by Crippen LogP contribution is 2.23. The van der Waals surface area contributed by atoms with E-state index >= 15 is 0 Å². The van der Waals surface area contributed by atoms with Crippen LogP contribution in [-0.2, 0) is 19.0 Å². The number of carbonyl (C=O) groups is 1. The molecule has 3 aromatic rings. The summed E-state index contributed by atoms with van der Waals surface area (Å²) in [4.78, 5) is 28.5. The molecule has 8 nitrogen and oxygen atoms in total. The van der Waals surface area contributed by atoms with Crippen LogP contribution in [-0.4, -0.2) is 31.9 Å². The standard InChI is InChI=1S/C21H26N6O2/c1-21(2,3)16-7-9-17(10-8-16)24-19(28)23-12-13-27-20(29)26(4)18(25-27)15-6-5-11-22-14-15/h5-11,14H,12-13H2,1-4H3,(H2,23,24,28). The first kappa shape index (κ1) is 20.3. The van der Waals surface area contributed by atoms with Gasteiger partial charge in [-0.05, 0) is 35.2 Å². The van der Waals surface area contributed by atoms with E-state index in [0.717, 1.165) is 5.56 Å². The Balaban J connectivity index is 1.56. The first-order valence-electron chi connectivity index (χ1n) is 9.45. The predicted molar refractivity (Wildman–Crippen MR) is 113 cm³/mol. The maximum atomic E-state index is 12.4. The molecule has 2 aromatic heterocycles. The van der Waals surface area contributed by atoms with Gasteiger partial charge in [0.1, 0.15) is 0 Å². The predicted octanol–water partition coefficient (Wildman–Crippen LogP) is 2.76. The van der Waals surface area contributed by atoms with Crippen LogP contribution in [0.25, 0.3) is 11.4 Å². The van der Waals surface area contributed by atoms with Crippen LogP contribution in [0, 0.1) is 0 Å². The highest BCUT2D eigenvalue weighted by Gasteiger charge is 2.14. The number of anilines is 1. The van der Waals surface area contributed by atoms with E-state index < -0.39 is 0 Å². The number of hydrogen-bond acceptors (Lipinski definition) is 4. The zero-order chi connectivity index (χ0) is 21.0. The lowest BCUT2D eigenvalue weighted by molar-refractivity contribution is 0.251. The van der Waals surface area contributed by atoms with Gasteiger partial charge in [0.05, 0.1) is 6.54 Å². The first-order chi connectivity index (χ1) is 13.8. The van der Waals surface area contributed by atoms with Crippen LogP contribution in [0.3, 0.4) is 0 Å². The van der Waals surface area contributed by atoms with Crippen molar-refractivity contribution >= 4 is 11.7 Å². The summed E-state index contributed by atoms with van der Waals surface area (Å²) in [7, 11) is 1.66. The second-order valence-electron chi connectivity index (χ2n) is 7.84. The minimum atomic E-state index is -0.329. The maximum Gasteiger partial charge on any atom is 0.345 e. The van der Waals surface area contributed by atoms with E-state index in [9.17, 15) is 9.59 Å². The van der Waals surface area contributed by atoms with Gasteiger partial charge in [0.15, 0.2) is 5.82 Å². The van der Waals surface area contributed by atoms with Crippen molar-refractivity contribution in [1.29, 1.82) is 0 Å². The Morgan fingerprint density at radius 3 is 2.48 bits per heavy atom. The molecule has 29 heavy (non-hydrogen) atoms. The summed E-state index contributed by atoms with van der Waals surface area (Å²) >= 11 is 0. The highest BCUT2D eigenvalue weighted by molar-refractivity contribution is 5.89. The van der Waals surface area contributed by atoms with Gasteiger partial charge in [-0.2, -0.15) is 0 Å². The molecule has 0 aliphatic heterocycles. The summed E-state index contributed by atoms with van der Waals surface area (Å²) < 4.78 is 2.80. The van der Waals surface area contributed by atoms with Gasteiger partial charge in [0.2, 0.25) is 0 Å². The second-order valence-corrected chi connectivity index (χ2v) is 7.84. The molecule has 0 bridgehead atoms. The van der Waals surface area contributed by atoms with Gasteiger partial charge in [0, 0.05) is 37.2 Å². The summed E-state index contributed by atoms with van der Waals surface area (Å²) in [5, 5.41) is 9.89. The molecular formula is C21H26N6O2. The van der Waals surface area contributed by atoms with Gasteiger partial charge in [-0.1, -0.05) is 32.9 Å². The quantitative estimate of drug-likeness (QED) is 0.696. The van der Waals surface area contributed by atoms with E-state index in [1.54, 1.807) is 25.5 Å². The Hall–Kier alpha value is -3.42. The Morgan fingerprint density at radius 2 is 1.86 bits per heavy atom. The molecule has 0 radical (unpaired) electrons. The van der Waals surface area contributed by atoms with E-state index in [-0.39, 0.29) is 30.2 Å². The average molecular weight is 394 g/mol. The first-order valence-corrected chi connectivity index (χ1v) is 9.45. The minimum absolute atomic E-state index is 0.0609. The van der Waals surface area contributed by atoms with Gasteiger partial charge < -0.3 is 10.6 Å². The van der Waals surface area contributed by atoms with E-state index in [0.29, 0.717) is 11.5 Å². The molecular weight excluding hydrogens is 368 g/mol. The lowest BCUT2D eigenvalue weighted by atomic mass is 9.87. The van der Waals surface area contributed by atoms with Crippen molar-refractivity contribution in [2.45, 2.75) is 32.7 Å². The molecule has 0 saturated carbocycles. The van der Waals surface area contributed by atoms with Crippen LogP contribution in [0.1, 0.15) is 26.3 Å². The number of nitrogens with zero attached hydrogens (tertiary/aromatic N) is 4. The van der Waals surface area contributed by atoms with E-state index in [2.05, 4.69) is 41.5 Å². The number of hydrogen-bond donors (Lipinski definition) is 2. The summed E-state index contributed by atoms with van der Waals surface area (Å²) in [5.74, 6) is 0.534. The molecule has 1 aromatic carbocycles. The number of carbonyl (C=O) groups excluding carboxylic acids is 1. The van der Waals surface area contributed by atoms with Crippen LogP contribution < -0.4 is 16.3 Å². The number of urea groups is 1. The lowest BCUT2D eigenvalue weighted by Gasteiger charge is -2.19. The molecule has 2 N–H and O–H groups in total. The van der Waals surface area contributed by atoms with Gasteiger partial charge in [-0.25, -0.2) is 14.3 Å². The van der Waals surface area contributed by atoms with E-state index in [4.69, 9.17) is 0 Å². The maximum absolute atomic E-state index is 12.4. The van der Waals surface area contributed by atoms with Crippen LogP contribution in [0.4, 0.5) is 10.5 Å². The topological polar surface area (TPSA) is 93.8 Å². The number of aromatic nitrogens is 4. The molecule has 2 amide bonds. The number of pyridine rings is 1. The average Bonchev–Trinajstić information content (AvgIpc) is 2.97. The third-order valence-corrected chi connectivity index (χ3v) is 4.58. The third kappa shape index (κ3) is 4.90.